The number of fused-ring (bicyclic) bond motifs is 1. The van der Waals surface area contributed by atoms with Crippen LogP contribution < -0.4 is 0 Å². The highest BCUT2D eigenvalue weighted by atomic mass is 35.5. The topological polar surface area (TPSA) is 15.8 Å². The smallest absolute Gasteiger partial charge is 0.0688 e. The summed E-state index contributed by atoms with van der Waals surface area (Å²) in [7, 11) is 0. The van der Waals surface area contributed by atoms with Crippen LogP contribution in [0.4, 0.5) is 0 Å². The van der Waals surface area contributed by atoms with Gasteiger partial charge in [-0.15, -0.1) is 0 Å². The van der Waals surface area contributed by atoms with Gasteiger partial charge in [0.15, 0.2) is 0 Å². The van der Waals surface area contributed by atoms with Crippen molar-refractivity contribution in [2.45, 2.75) is 6.92 Å². The fraction of sp³-hybridized carbons (Fsp3) is 0.111. The van der Waals surface area contributed by atoms with Gasteiger partial charge in [-0.2, -0.15) is 0 Å². The molecule has 0 fully saturated rings. The zero-order valence-corrected chi connectivity index (χ0v) is 6.94. The van der Waals surface area contributed by atoms with Crippen LogP contribution in [0.5, 0.6) is 0 Å². The highest BCUT2D eigenvalue weighted by Crippen LogP contribution is 2.25. The number of aromatic nitrogens is 1. The third-order valence-corrected chi connectivity index (χ3v) is 2.30. The van der Waals surface area contributed by atoms with Crippen LogP contribution in [-0.4, -0.2) is 4.98 Å². The molecule has 0 aliphatic heterocycles. The molecule has 1 nitrogen and oxygen atoms in total. The highest BCUT2D eigenvalue weighted by molar-refractivity contribution is 6.36. The lowest BCUT2D eigenvalue weighted by Gasteiger charge is -1.85. The van der Waals surface area contributed by atoms with Gasteiger partial charge in [0.05, 0.1) is 5.02 Å². The van der Waals surface area contributed by atoms with Crippen LogP contribution in [0.15, 0.2) is 24.3 Å². The Hall–Kier alpha value is -0.950. The van der Waals surface area contributed by atoms with Crippen molar-refractivity contribution >= 4 is 22.5 Å². The fourth-order valence-electron chi connectivity index (χ4n) is 1.24. The summed E-state index contributed by atoms with van der Waals surface area (Å²) in [4.78, 5) is 3.19. The zero-order chi connectivity index (χ0) is 7.84. The van der Waals surface area contributed by atoms with Crippen LogP contribution in [0.1, 0.15) is 5.69 Å². The normalized spacial score (nSPS) is 10.7. The van der Waals surface area contributed by atoms with E-state index in [2.05, 4.69) is 4.98 Å². The van der Waals surface area contributed by atoms with Crippen molar-refractivity contribution < 1.29 is 0 Å². The Morgan fingerprint density at radius 1 is 1.27 bits per heavy atom. The average Bonchev–Trinajstić information content (AvgIpc) is 2.30. The minimum absolute atomic E-state index is 0.834. The first kappa shape index (κ1) is 6.74. The Bertz CT molecular complexity index is 389. The summed E-state index contributed by atoms with van der Waals surface area (Å²) in [5.74, 6) is 0. The molecule has 56 valence electrons. The Kier molecular flexibility index (Phi) is 1.40. The molecule has 0 atom stereocenters. The van der Waals surface area contributed by atoms with Crippen molar-refractivity contribution in [2.75, 3.05) is 0 Å². The highest BCUT2D eigenvalue weighted by Gasteiger charge is 2.02. The van der Waals surface area contributed by atoms with Crippen LogP contribution in [0.2, 0.25) is 5.02 Å². The summed E-state index contributed by atoms with van der Waals surface area (Å²) in [5.41, 5.74) is 2.14. The van der Waals surface area contributed by atoms with E-state index in [1.807, 2.05) is 31.2 Å². The maximum atomic E-state index is 6.01. The fourth-order valence-corrected chi connectivity index (χ4v) is 1.45. The van der Waals surface area contributed by atoms with Gasteiger partial charge in [0.2, 0.25) is 0 Å². The second-order valence-corrected chi connectivity index (χ2v) is 2.99. The van der Waals surface area contributed by atoms with E-state index >= 15 is 0 Å². The number of halogens is 1. The molecule has 1 heterocycles. The van der Waals surface area contributed by atoms with Crippen molar-refractivity contribution in [3.63, 3.8) is 0 Å². The van der Waals surface area contributed by atoms with Crippen LogP contribution in [0, 0.1) is 6.92 Å². The second kappa shape index (κ2) is 2.28. The largest absolute Gasteiger partial charge is 0.357 e. The van der Waals surface area contributed by atoms with Gasteiger partial charge in [0.25, 0.3) is 0 Å². The van der Waals surface area contributed by atoms with Crippen LogP contribution in [-0.2, 0) is 0 Å². The molecule has 1 aromatic carbocycles. The van der Waals surface area contributed by atoms with E-state index < -0.39 is 0 Å². The molecule has 1 aromatic heterocycles. The Morgan fingerprint density at radius 2 is 2.00 bits per heavy atom. The van der Waals surface area contributed by atoms with Crippen LogP contribution in [0.3, 0.4) is 0 Å². The number of benzene rings is 1. The number of rotatable bonds is 0. The Labute approximate surface area is 70.0 Å². The molecule has 0 saturated heterocycles. The van der Waals surface area contributed by atoms with Gasteiger partial charge >= 0.3 is 0 Å². The second-order valence-electron chi connectivity index (χ2n) is 2.61. The van der Waals surface area contributed by atoms with Crippen LogP contribution >= 0.6 is 11.6 Å². The summed E-state index contributed by atoms with van der Waals surface area (Å²) in [6.45, 7) is 1.97. The van der Waals surface area contributed by atoms with E-state index in [9.17, 15) is 0 Å². The summed E-state index contributed by atoms with van der Waals surface area (Å²) in [6, 6.07) is 8.02. The summed E-state index contributed by atoms with van der Waals surface area (Å²) in [5, 5.41) is 1.94. The SMILES string of the molecule is Cc1[nH]c2ccccc2c1Cl. The van der Waals surface area contributed by atoms with E-state index in [4.69, 9.17) is 11.6 Å². The Morgan fingerprint density at radius 3 is 2.73 bits per heavy atom. The molecule has 1 N–H and O–H groups in total. The quantitative estimate of drug-likeness (QED) is 0.618. The molecule has 0 saturated carbocycles. The lowest BCUT2D eigenvalue weighted by Crippen LogP contribution is -1.66. The molecule has 2 heteroatoms. The number of H-pyrrole nitrogens is 1. The first-order valence-electron chi connectivity index (χ1n) is 3.52. The molecule has 2 rings (SSSR count). The van der Waals surface area contributed by atoms with E-state index in [0.29, 0.717) is 0 Å². The van der Waals surface area contributed by atoms with Crippen molar-refractivity contribution in [1.29, 1.82) is 0 Å². The van der Waals surface area contributed by atoms with Gasteiger partial charge in [-0.05, 0) is 13.0 Å². The zero-order valence-electron chi connectivity index (χ0n) is 6.19. The van der Waals surface area contributed by atoms with E-state index in [1.54, 1.807) is 0 Å². The number of hydrogen-bond donors (Lipinski definition) is 1. The molecule has 0 radical (unpaired) electrons. The van der Waals surface area contributed by atoms with E-state index in [-0.39, 0.29) is 0 Å². The summed E-state index contributed by atoms with van der Waals surface area (Å²) in [6.07, 6.45) is 0. The maximum absolute atomic E-state index is 6.01. The molecule has 0 spiro atoms. The van der Waals surface area contributed by atoms with Gasteiger partial charge in [-0.3, -0.25) is 0 Å². The first-order valence-corrected chi connectivity index (χ1v) is 3.89. The van der Waals surface area contributed by atoms with Crippen molar-refractivity contribution in [2.24, 2.45) is 0 Å². The number of aromatic amines is 1. The maximum Gasteiger partial charge on any atom is 0.0688 e. The van der Waals surface area contributed by atoms with Crippen molar-refractivity contribution in [3.8, 4) is 0 Å². The molecule has 0 aliphatic rings. The number of para-hydroxylation sites is 1. The van der Waals surface area contributed by atoms with Gasteiger partial charge in [-0.25, -0.2) is 0 Å². The molecule has 11 heavy (non-hydrogen) atoms. The molecule has 0 unspecified atom stereocenters. The molecule has 2 aromatic rings. The standard InChI is InChI=1S/C9H8ClN/c1-6-9(10)7-4-2-3-5-8(7)11-6/h2-5,11H,1H3. The first-order chi connectivity index (χ1) is 5.29. The molecular formula is C9H8ClN. The predicted octanol–water partition coefficient (Wildman–Crippen LogP) is 3.13. The summed E-state index contributed by atoms with van der Waals surface area (Å²) < 4.78 is 0. The van der Waals surface area contributed by atoms with E-state index in [0.717, 1.165) is 21.6 Å². The minimum Gasteiger partial charge on any atom is -0.357 e. The van der Waals surface area contributed by atoms with Crippen molar-refractivity contribution in [3.05, 3.63) is 35.0 Å². The van der Waals surface area contributed by atoms with Gasteiger partial charge in [0.1, 0.15) is 0 Å². The number of nitrogens with one attached hydrogen (secondary N) is 1. The average molecular weight is 166 g/mol. The molecule has 0 aliphatic carbocycles. The third-order valence-electron chi connectivity index (χ3n) is 1.81. The van der Waals surface area contributed by atoms with Crippen molar-refractivity contribution in [1.82, 2.24) is 4.98 Å². The van der Waals surface area contributed by atoms with Gasteiger partial charge < -0.3 is 4.98 Å². The monoisotopic (exact) mass is 165 g/mol. The van der Waals surface area contributed by atoms with Gasteiger partial charge in [-0.1, -0.05) is 29.8 Å². The molecule has 0 amide bonds. The number of hydrogen-bond acceptors (Lipinski definition) is 0. The molecule has 0 bridgehead atoms. The van der Waals surface area contributed by atoms with Gasteiger partial charge in [0, 0.05) is 16.6 Å². The lowest BCUT2D eigenvalue weighted by molar-refractivity contribution is 1.30. The minimum atomic E-state index is 0.834. The number of aryl methyl sites for hydroxylation is 1. The summed E-state index contributed by atoms with van der Waals surface area (Å²) >= 11 is 6.01. The van der Waals surface area contributed by atoms with E-state index in [1.165, 1.54) is 0 Å². The lowest BCUT2D eigenvalue weighted by atomic mass is 10.2. The molecular weight excluding hydrogens is 158 g/mol. The van der Waals surface area contributed by atoms with Crippen LogP contribution in [0.25, 0.3) is 10.9 Å². The third kappa shape index (κ3) is 0.925. The Balaban J connectivity index is 2.92. The predicted molar refractivity (Wildman–Crippen MR) is 48.0 cm³/mol.